The minimum Gasteiger partial charge on any atom is -0.486 e. The van der Waals surface area contributed by atoms with E-state index in [2.05, 4.69) is 29.4 Å². The Morgan fingerprint density at radius 3 is 2.32 bits per heavy atom. The highest BCUT2D eigenvalue weighted by molar-refractivity contribution is 5.90. The summed E-state index contributed by atoms with van der Waals surface area (Å²) >= 11 is 0. The zero-order valence-corrected chi connectivity index (χ0v) is 16.5. The standard InChI is InChI=1S/C22H27N3O3/c1-3-25(4-2)18-8-6-17(7-9-18)23-21(26)24-22(11-12-22)16-5-10-19-20(15-16)28-14-13-27-19/h5-10,15H,3-4,11-14H2,1-2H3,(H2,23,24,26). The average molecular weight is 381 g/mol. The van der Waals surface area contributed by atoms with Gasteiger partial charge >= 0.3 is 6.03 Å². The third-order valence-electron chi connectivity index (χ3n) is 5.45. The molecule has 0 atom stereocenters. The topological polar surface area (TPSA) is 62.8 Å². The van der Waals surface area contributed by atoms with E-state index in [1.807, 2.05) is 42.5 Å². The summed E-state index contributed by atoms with van der Waals surface area (Å²) in [7, 11) is 0. The van der Waals surface area contributed by atoms with Crippen LogP contribution in [0.5, 0.6) is 11.5 Å². The van der Waals surface area contributed by atoms with Crippen molar-refractivity contribution in [1.82, 2.24) is 5.32 Å². The van der Waals surface area contributed by atoms with E-state index in [1.165, 1.54) is 0 Å². The van der Waals surface area contributed by atoms with Crippen molar-refractivity contribution >= 4 is 17.4 Å². The number of amides is 2. The molecule has 0 unspecified atom stereocenters. The molecule has 0 aromatic heterocycles. The number of benzene rings is 2. The second-order valence-electron chi connectivity index (χ2n) is 7.24. The minimum absolute atomic E-state index is 0.192. The van der Waals surface area contributed by atoms with Gasteiger partial charge in [-0.1, -0.05) is 6.07 Å². The second-order valence-corrected chi connectivity index (χ2v) is 7.24. The Morgan fingerprint density at radius 1 is 1.00 bits per heavy atom. The molecule has 2 N–H and O–H groups in total. The van der Waals surface area contributed by atoms with Crippen LogP contribution >= 0.6 is 0 Å². The molecule has 6 nitrogen and oxygen atoms in total. The van der Waals surface area contributed by atoms with Crippen molar-refractivity contribution in [3.05, 3.63) is 48.0 Å². The monoisotopic (exact) mass is 381 g/mol. The summed E-state index contributed by atoms with van der Waals surface area (Å²) in [6.45, 7) is 7.32. The fourth-order valence-corrected chi connectivity index (χ4v) is 3.68. The summed E-state index contributed by atoms with van der Waals surface area (Å²) in [5, 5.41) is 6.09. The minimum atomic E-state index is -0.318. The van der Waals surface area contributed by atoms with Crippen molar-refractivity contribution in [2.75, 3.05) is 36.5 Å². The third kappa shape index (κ3) is 3.72. The van der Waals surface area contributed by atoms with Gasteiger partial charge in [0.15, 0.2) is 11.5 Å². The number of rotatable bonds is 6. The molecule has 0 saturated heterocycles. The summed E-state index contributed by atoms with van der Waals surface area (Å²) in [4.78, 5) is 14.8. The number of urea groups is 1. The average Bonchev–Trinajstić information content (AvgIpc) is 3.50. The van der Waals surface area contributed by atoms with Crippen LogP contribution in [0.2, 0.25) is 0 Å². The number of ether oxygens (including phenoxy) is 2. The molecule has 1 aliphatic heterocycles. The molecular weight excluding hydrogens is 354 g/mol. The third-order valence-corrected chi connectivity index (χ3v) is 5.45. The fraction of sp³-hybridized carbons (Fsp3) is 0.409. The molecule has 0 spiro atoms. The maximum Gasteiger partial charge on any atom is 0.319 e. The van der Waals surface area contributed by atoms with Crippen LogP contribution in [0.15, 0.2) is 42.5 Å². The van der Waals surface area contributed by atoms with E-state index in [-0.39, 0.29) is 11.6 Å². The maximum absolute atomic E-state index is 12.6. The van der Waals surface area contributed by atoms with Crippen LogP contribution in [0.25, 0.3) is 0 Å². The van der Waals surface area contributed by atoms with Crippen molar-refractivity contribution in [3.8, 4) is 11.5 Å². The lowest BCUT2D eigenvalue weighted by Gasteiger charge is -2.23. The van der Waals surface area contributed by atoms with Crippen LogP contribution in [0.4, 0.5) is 16.2 Å². The molecule has 2 aromatic carbocycles. The van der Waals surface area contributed by atoms with Gasteiger partial charge in [-0.3, -0.25) is 0 Å². The van der Waals surface area contributed by atoms with Crippen LogP contribution in [0.3, 0.4) is 0 Å². The SMILES string of the molecule is CCN(CC)c1ccc(NC(=O)NC2(c3ccc4c(c3)OCCO4)CC2)cc1. The highest BCUT2D eigenvalue weighted by atomic mass is 16.6. The van der Waals surface area contributed by atoms with E-state index >= 15 is 0 Å². The van der Waals surface area contributed by atoms with Crippen LogP contribution in [0.1, 0.15) is 32.3 Å². The maximum atomic E-state index is 12.6. The molecule has 148 valence electrons. The van der Waals surface area contributed by atoms with Gasteiger partial charge in [0.05, 0.1) is 5.54 Å². The molecule has 1 saturated carbocycles. The first-order valence-corrected chi connectivity index (χ1v) is 9.98. The second kappa shape index (κ2) is 7.62. The van der Waals surface area contributed by atoms with Crippen LogP contribution in [-0.2, 0) is 5.54 Å². The lowest BCUT2D eigenvalue weighted by atomic mass is 10.0. The first-order chi connectivity index (χ1) is 13.6. The number of anilines is 2. The molecule has 1 fully saturated rings. The zero-order chi connectivity index (χ0) is 19.6. The van der Waals surface area contributed by atoms with Crippen molar-refractivity contribution in [2.24, 2.45) is 0 Å². The Kier molecular flexibility index (Phi) is 5.03. The van der Waals surface area contributed by atoms with E-state index in [1.54, 1.807) is 0 Å². The Labute approximate surface area is 165 Å². The van der Waals surface area contributed by atoms with Gasteiger partial charge in [-0.05, 0) is 68.7 Å². The van der Waals surface area contributed by atoms with Crippen molar-refractivity contribution in [3.63, 3.8) is 0 Å². The smallest absolute Gasteiger partial charge is 0.319 e. The van der Waals surface area contributed by atoms with E-state index in [0.717, 1.165) is 54.4 Å². The summed E-state index contributed by atoms with van der Waals surface area (Å²) in [5.74, 6) is 1.52. The Morgan fingerprint density at radius 2 is 1.68 bits per heavy atom. The highest BCUT2D eigenvalue weighted by Crippen LogP contribution is 2.47. The van der Waals surface area contributed by atoms with Gasteiger partial charge in [0.2, 0.25) is 0 Å². The molecular formula is C22H27N3O3. The van der Waals surface area contributed by atoms with Crippen LogP contribution in [-0.4, -0.2) is 32.3 Å². The van der Waals surface area contributed by atoms with Crippen molar-refractivity contribution in [1.29, 1.82) is 0 Å². The van der Waals surface area contributed by atoms with Crippen LogP contribution in [0, 0.1) is 0 Å². The van der Waals surface area contributed by atoms with E-state index in [4.69, 9.17) is 9.47 Å². The van der Waals surface area contributed by atoms with Gasteiger partial charge in [-0.25, -0.2) is 4.79 Å². The van der Waals surface area contributed by atoms with Gasteiger partial charge in [0, 0.05) is 24.5 Å². The molecule has 0 radical (unpaired) electrons. The van der Waals surface area contributed by atoms with Crippen LogP contribution < -0.4 is 25.0 Å². The van der Waals surface area contributed by atoms with Gasteiger partial charge in [0.1, 0.15) is 13.2 Å². The predicted molar refractivity (Wildman–Crippen MR) is 111 cm³/mol. The normalized spacial score (nSPS) is 16.2. The molecule has 28 heavy (non-hydrogen) atoms. The summed E-state index contributed by atoms with van der Waals surface area (Å²) in [5.41, 5.74) is 2.68. The molecule has 2 amide bonds. The molecule has 1 heterocycles. The van der Waals surface area contributed by atoms with E-state index < -0.39 is 0 Å². The lowest BCUT2D eigenvalue weighted by Crippen LogP contribution is -2.38. The van der Waals surface area contributed by atoms with E-state index in [0.29, 0.717) is 13.2 Å². The Hall–Kier alpha value is -2.89. The van der Waals surface area contributed by atoms with E-state index in [9.17, 15) is 4.79 Å². The summed E-state index contributed by atoms with van der Waals surface area (Å²) in [6.07, 6.45) is 1.84. The first-order valence-electron chi connectivity index (χ1n) is 9.98. The molecule has 6 heteroatoms. The zero-order valence-electron chi connectivity index (χ0n) is 16.5. The predicted octanol–water partition coefficient (Wildman–Crippen LogP) is 4.11. The lowest BCUT2D eigenvalue weighted by molar-refractivity contribution is 0.171. The number of hydrogen-bond donors (Lipinski definition) is 2. The molecule has 1 aliphatic carbocycles. The highest BCUT2D eigenvalue weighted by Gasteiger charge is 2.46. The number of fused-ring (bicyclic) bond motifs is 1. The van der Waals surface area contributed by atoms with Crippen molar-refractivity contribution in [2.45, 2.75) is 32.2 Å². The summed E-state index contributed by atoms with van der Waals surface area (Å²) in [6, 6.07) is 13.7. The number of nitrogens with zero attached hydrogens (tertiary/aromatic N) is 1. The Bertz CT molecular complexity index is 843. The van der Waals surface area contributed by atoms with Gasteiger partial charge < -0.3 is 25.0 Å². The fourth-order valence-electron chi connectivity index (χ4n) is 3.68. The largest absolute Gasteiger partial charge is 0.486 e. The number of carbonyl (C=O) groups is 1. The number of carbonyl (C=O) groups excluding carboxylic acids is 1. The van der Waals surface area contributed by atoms with Crippen molar-refractivity contribution < 1.29 is 14.3 Å². The quantitative estimate of drug-likeness (QED) is 0.790. The molecule has 2 aliphatic rings. The molecule has 2 aromatic rings. The summed E-state index contributed by atoms with van der Waals surface area (Å²) < 4.78 is 11.3. The number of hydrogen-bond acceptors (Lipinski definition) is 4. The Balaban J connectivity index is 1.41. The molecule has 0 bridgehead atoms. The van der Waals surface area contributed by atoms with Gasteiger partial charge in [-0.2, -0.15) is 0 Å². The van der Waals surface area contributed by atoms with Gasteiger partial charge in [-0.15, -0.1) is 0 Å². The number of nitrogens with one attached hydrogen (secondary N) is 2. The van der Waals surface area contributed by atoms with Gasteiger partial charge in [0.25, 0.3) is 0 Å². The molecule has 4 rings (SSSR count). The first kappa shape index (κ1) is 18.5.